The first kappa shape index (κ1) is 16.2. The minimum atomic E-state index is -0.325. The third-order valence-corrected chi connectivity index (χ3v) is 2.74. The minimum absolute atomic E-state index is 0. The number of aliphatic hydroxyl groups excluding tert-OH is 1. The zero-order valence-corrected chi connectivity index (χ0v) is 11.7. The fraction of sp³-hybridized carbons (Fsp3) is 0.364. The summed E-state index contributed by atoms with van der Waals surface area (Å²) < 4.78 is 8.60. The van der Waals surface area contributed by atoms with Gasteiger partial charge in [-0.15, -0.1) is 0 Å². The second kappa shape index (κ2) is 6.51. The average Bonchev–Trinajstić information content (AvgIpc) is 2.62. The third-order valence-electron chi connectivity index (χ3n) is 2.74. The van der Waals surface area contributed by atoms with Crippen molar-refractivity contribution in [2.45, 2.75) is 6.73 Å². The number of aryl methyl sites for hydroxylation is 1. The van der Waals surface area contributed by atoms with Gasteiger partial charge in [-0.3, -0.25) is 14.3 Å². The van der Waals surface area contributed by atoms with Crippen LogP contribution in [0.25, 0.3) is 17.2 Å². The molecule has 0 aliphatic heterocycles. The lowest BCUT2D eigenvalue weighted by atomic mass is 10.5. The topological polar surface area (TPSA) is 110 Å². The second-order valence-electron chi connectivity index (χ2n) is 3.93. The van der Waals surface area contributed by atoms with Gasteiger partial charge in [-0.2, -0.15) is 0 Å². The predicted molar refractivity (Wildman–Crippen MR) is 69.1 cm³/mol. The van der Waals surface area contributed by atoms with Crippen LogP contribution in [0.15, 0.2) is 11.4 Å². The molecule has 0 radical (unpaired) electrons. The van der Waals surface area contributed by atoms with Crippen LogP contribution in [0.1, 0.15) is 5.82 Å². The van der Waals surface area contributed by atoms with Crippen LogP contribution >= 0.6 is 0 Å². The van der Waals surface area contributed by atoms with Crippen molar-refractivity contribution in [2.24, 2.45) is 7.05 Å². The molecule has 0 amide bonds. The highest BCUT2D eigenvalue weighted by Gasteiger charge is 2.24. The molecule has 0 aliphatic carbocycles. The van der Waals surface area contributed by atoms with Gasteiger partial charge in [0.05, 0.1) is 20.3 Å². The van der Waals surface area contributed by atoms with E-state index in [0.717, 1.165) is 0 Å². The normalized spacial score (nSPS) is 10.5. The van der Waals surface area contributed by atoms with Crippen LogP contribution in [-0.4, -0.2) is 32.9 Å². The molecule has 9 heteroatoms. The summed E-state index contributed by atoms with van der Waals surface area (Å²) in [7, 11) is 1.73. The smallest absolute Gasteiger partial charge is 0.314 e. The Balaban J connectivity index is 0.00000200. The van der Waals surface area contributed by atoms with Crippen molar-refractivity contribution in [3.63, 3.8) is 0 Å². The number of nitrogen functional groups attached to an aromatic ring is 1. The van der Waals surface area contributed by atoms with Crippen LogP contribution in [0.5, 0.6) is 0 Å². The molecule has 0 fully saturated rings. The van der Waals surface area contributed by atoms with Gasteiger partial charge in [-0.25, -0.2) is 4.57 Å². The van der Waals surface area contributed by atoms with Crippen molar-refractivity contribution in [2.75, 3.05) is 18.9 Å². The standard InChI is InChI=1S/C11H15N5O3.ClH/c1-3-7-15(2)8-9(13-11(12)14-10(8)18)16(7)6-19-5-4-17;/h3,17H,1,4-6H2,2H3,(H2-,12,13,14,18);1H. The molecule has 0 aromatic carbocycles. The molecule has 0 saturated heterocycles. The van der Waals surface area contributed by atoms with Crippen molar-refractivity contribution in [3.8, 4) is 0 Å². The first-order valence-electron chi connectivity index (χ1n) is 5.69. The van der Waals surface area contributed by atoms with Gasteiger partial charge >= 0.3 is 5.65 Å². The molecular weight excluding hydrogens is 286 g/mol. The van der Waals surface area contributed by atoms with Crippen LogP contribution < -0.4 is 28.3 Å². The number of hydrogen-bond donors (Lipinski definition) is 3. The molecule has 110 valence electrons. The lowest BCUT2D eigenvalue weighted by Crippen LogP contribution is -3.00. The summed E-state index contributed by atoms with van der Waals surface area (Å²) in [6, 6.07) is 0. The first-order chi connectivity index (χ1) is 9.10. The van der Waals surface area contributed by atoms with E-state index < -0.39 is 0 Å². The van der Waals surface area contributed by atoms with Gasteiger partial charge in [0.15, 0.2) is 6.73 Å². The largest absolute Gasteiger partial charge is 1.00 e. The number of nitrogens with two attached hydrogens (primary N) is 1. The van der Waals surface area contributed by atoms with E-state index >= 15 is 0 Å². The lowest BCUT2D eigenvalue weighted by Gasteiger charge is -2.01. The SMILES string of the molecule is C=Cc1n(C)c2c(=O)[nH]c(N)nc2[n+]1COCCO.[Cl-]. The van der Waals surface area contributed by atoms with E-state index in [1.165, 1.54) is 0 Å². The number of aromatic nitrogens is 4. The Morgan fingerprint density at radius 2 is 2.35 bits per heavy atom. The van der Waals surface area contributed by atoms with Crippen molar-refractivity contribution in [1.29, 1.82) is 0 Å². The number of ether oxygens (including phenoxy) is 1. The average molecular weight is 302 g/mol. The van der Waals surface area contributed by atoms with E-state index in [1.807, 2.05) is 0 Å². The van der Waals surface area contributed by atoms with Gasteiger partial charge in [0.1, 0.15) is 0 Å². The summed E-state index contributed by atoms with van der Waals surface area (Å²) in [5, 5.41) is 8.73. The van der Waals surface area contributed by atoms with E-state index in [2.05, 4.69) is 16.5 Å². The van der Waals surface area contributed by atoms with Crippen molar-refractivity contribution in [1.82, 2.24) is 14.5 Å². The Labute approximate surface area is 120 Å². The number of fused-ring (bicyclic) bond motifs is 1. The summed E-state index contributed by atoms with van der Waals surface area (Å²) in [4.78, 5) is 18.5. The monoisotopic (exact) mass is 301 g/mol. The van der Waals surface area contributed by atoms with Crippen LogP contribution in [0.2, 0.25) is 0 Å². The molecule has 2 aromatic rings. The summed E-state index contributed by atoms with van der Waals surface area (Å²) in [5.74, 6) is 0.700. The molecule has 0 saturated carbocycles. The maximum Gasteiger partial charge on any atom is 0.314 e. The molecule has 8 nitrogen and oxygen atoms in total. The maximum absolute atomic E-state index is 11.9. The number of anilines is 1. The van der Waals surface area contributed by atoms with Crippen molar-refractivity contribution >= 4 is 23.2 Å². The zero-order valence-electron chi connectivity index (χ0n) is 11.0. The van der Waals surface area contributed by atoms with E-state index in [9.17, 15) is 4.79 Å². The maximum atomic E-state index is 11.9. The molecule has 20 heavy (non-hydrogen) atoms. The van der Waals surface area contributed by atoms with E-state index in [4.69, 9.17) is 15.6 Å². The summed E-state index contributed by atoms with van der Waals surface area (Å²) >= 11 is 0. The zero-order chi connectivity index (χ0) is 14.0. The third kappa shape index (κ3) is 2.67. The van der Waals surface area contributed by atoms with Gasteiger partial charge in [0, 0.05) is 6.08 Å². The second-order valence-corrected chi connectivity index (χ2v) is 3.93. The summed E-state index contributed by atoms with van der Waals surface area (Å²) in [5.41, 5.74) is 6.03. The lowest BCUT2D eigenvalue weighted by molar-refractivity contribution is -0.713. The number of nitrogens with zero attached hydrogens (tertiary/aromatic N) is 3. The molecule has 0 bridgehead atoms. The summed E-state index contributed by atoms with van der Waals surface area (Å²) in [6.07, 6.45) is 1.60. The molecule has 2 heterocycles. The van der Waals surface area contributed by atoms with Crippen LogP contribution in [0.3, 0.4) is 0 Å². The highest BCUT2D eigenvalue weighted by atomic mass is 35.5. The number of halogens is 1. The number of aromatic amines is 1. The Hall–Kier alpha value is -1.90. The van der Waals surface area contributed by atoms with Crippen molar-refractivity contribution in [3.05, 3.63) is 22.8 Å². The van der Waals surface area contributed by atoms with Gasteiger partial charge in [0.2, 0.25) is 11.3 Å². The highest BCUT2D eigenvalue weighted by Crippen LogP contribution is 2.08. The number of H-pyrrole nitrogens is 1. The molecular formula is C11H16ClN5O3. The molecule has 0 aliphatic rings. The van der Waals surface area contributed by atoms with Crippen molar-refractivity contribution < 1.29 is 26.8 Å². The van der Waals surface area contributed by atoms with E-state index in [0.29, 0.717) is 17.0 Å². The predicted octanol–water partition coefficient (Wildman–Crippen LogP) is -4.26. The highest BCUT2D eigenvalue weighted by molar-refractivity contribution is 5.69. The number of aliphatic hydroxyl groups is 1. The fourth-order valence-electron chi connectivity index (χ4n) is 1.96. The van der Waals surface area contributed by atoms with Gasteiger partial charge in [-0.1, -0.05) is 11.6 Å². The Kier molecular flexibility index (Phi) is 5.26. The van der Waals surface area contributed by atoms with Gasteiger partial charge < -0.3 is 28.0 Å². The van der Waals surface area contributed by atoms with Gasteiger partial charge in [0.25, 0.3) is 11.5 Å². The molecule has 4 N–H and O–H groups in total. The quantitative estimate of drug-likeness (QED) is 0.383. The number of imidazole rings is 1. The van der Waals surface area contributed by atoms with Crippen LogP contribution in [-0.2, 0) is 18.5 Å². The molecule has 2 rings (SSSR count). The Bertz CT molecular complexity index is 679. The summed E-state index contributed by atoms with van der Waals surface area (Å²) in [6.45, 7) is 3.97. The Morgan fingerprint density at radius 1 is 1.65 bits per heavy atom. The molecule has 0 unspecified atom stereocenters. The van der Waals surface area contributed by atoms with E-state index in [1.54, 1.807) is 22.3 Å². The molecule has 0 spiro atoms. The number of nitrogens with one attached hydrogen (secondary N) is 1. The Morgan fingerprint density at radius 3 is 2.95 bits per heavy atom. The molecule has 0 atom stereocenters. The van der Waals surface area contributed by atoms with E-state index in [-0.39, 0.29) is 43.9 Å². The van der Waals surface area contributed by atoms with Crippen LogP contribution in [0, 0.1) is 0 Å². The first-order valence-corrected chi connectivity index (χ1v) is 5.69. The number of hydrogen-bond acceptors (Lipinski definition) is 5. The fourth-order valence-corrected chi connectivity index (χ4v) is 1.96. The number of rotatable bonds is 5. The van der Waals surface area contributed by atoms with Gasteiger partial charge in [-0.05, 0) is 0 Å². The minimum Gasteiger partial charge on any atom is -1.00 e. The molecule has 2 aromatic heterocycles. The van der Waals surface area contributed by atoms with Crippen LogP contribution in [0.4, 0.5) is 5.95 Å².